The minimum absolute atomic E-state index is 0.655. The van der Waals surface area contributed by atoms with Crippen LogP contribution < -0.4 is 5.32 Å². The molecule has 0 spiro atoms. The molecular weight excluding hydrogens is 190 g/mol. The molecule has 0 saturated heterocycles. The molecular formula is C10H11N5. The zero-order chi connectivity index (χ0) is 10.5. The standard InChI is InChI=1S/C10H11N5/c1-11-5-3-2-4-8-9-10(14-6-12-8)15-7-13-9/h6-7,11H,3,5H2,1H3,(H,12,13,14,15). The highest BCUT2D eigenvalue weighted by molar-refractivity contribution is 5.75. The van der Waals surface area contributed by atoms with Crippen molar-refractivity contribution in [3.05, 3.63) is 18.3 Å². The number of H-pyrrole nitrogens is 1. The van der Waals surface area contributed by atoms with E-state index in [4.69, 9.17) is 0 Å². The second-order valence-electron chi connectivity index (χ2n) is 2.98. The molecule has 0 saturated carbocycles. The summed E-state index contributed by atoms with van der Waals surface area (Å²) in [5, 5.41) is 3.03. The summed E-state index contributed by atoms with van der Waals surface area (Å²) in [6, 6.07) is 0. The van der Waals surface area contributed by atoms with E-state index in [1.54, 1.807) is 6.33 Å². The van der Waals surface area contributed by atoms with Gasteiger partial charge in [0.05, 0.1) is 6.33 Å². The van der Waals surface area contributed by atoms with Gasteiger partial charge in [0.25, 0.3) is 0 Å². The molecule has 2 N–H and O–H groups in total. The molecule has 2 aromatic rings. The summed E-state index contributed by atoms with van der Waals surface area (Å²) in [5.41, 5.74) is 2.16. The highest BCUT2D eigenvalue weighted by Crippen LogP contribution is 2.07. The molecule has 5 heteroatoms. The van der Waals surface area contributed by atoms with Crippen LogP contribution in [0.15, 0.2) is 12.7 Å². The van der Waals surface area contributed by atoms with Gasteiger partial charge in [0.1, 0.15) is 17.5 Å². The number of hydrogen-bond donors (Lipinski definition) is 2. The maximum Gasteiger partial charge on any atom is 0.181 e. The largest absolute Gasteiger partial charge is 0.341 e. The number of nitrogens with zero attached hydrogens (tertiary/aromatic N) is 3. The first-order valence-corrected chi connectivity index (χ1v) is 4.69. The van der Waals surface area contributed by atoms with Crippen molar-refractivity contribution in [2.24, 2.45) is 0 Å². The molecule has 0 amide bonds. The van der Waals surface area contributed by atoms with Crippen LogP contribution in [0, 0.1) is 11.8 Å². The fourth-order valence-electron chi connectivity index (χ4n) is 1.19. The second-order valence-corrected chi connectivity index (χ2v) is 2.98. The molecule has 0 fully saturated rings. The molecule has 0 atom stereocenters. The van der Waals surface area contributed by atoms with Gasteiger partial charge in [0.2, 0.25) is 0 Å². The van der Waals surface area contributed by atoms with Crippen molar-refractivity contribution in [2.75, 3.05) is 13.6 Å². The van der Waals surface area contributed by atoms with Crippen LogP contribution in [0.25, 0.3) is 11.2 Å². The van der Waals surface area contributed by atoms with E-state index >= 15 is 0 Å². The van der Waals surface area contributed by atoms with Crippen LogP contribution in [0.1, 0.15) is 12.1 Å². The van der Waals surface area contributed by atoms with Crippen molar-refractivity contribution in [3.8, 4) is 11.8 Å². The maximum absolute atomic E-state index is 4.10. The summed E-state index contributed by atoms with van der Waals surface area (Å²) < 4.78 is 0. The van der Waals surface area contributed by atoms with Crippen molar-refractivity contribution in [3.63, 3.8) is 0 Å². The highest BCUT2D eigenvalue weighted by atomic mass is 15.0. The molecule has 0 bridgehead atoms. The van der Waals surface area contributed by atoms with Gasteiger partial charge < -0.3 is 10.3 Å². The Bertz CT molecular complexity index is 505. The Morgan fingerprint density at radius 2 is 2.33 bits per heavy atom. The number of aromatic nitrogens is 4. The quantitative estimate of drug-likeness (QED) is 0.542. The molecule has 0 aromatic carbocycles. The first-order chi connectivity index (χ1) is 7.42. The predicted molar refractivity (Wildman–Crippen MR) is 57.1 cm³/mol. The van der Waals surface area contributed by atoms with Gasteiger partial charge in [-0.3, -0.25) is 0 Å². The fraction of sp³-hybridized carbons (Fsp3) is 0.300. The Labute approximate surface area is 87.4 Å². The smallest absolute Gasteiger partial charge is 0.181 e. The van der Waals surface area contributed by atoms with Gasteiger partial charge in [-0.25, -0.2) is 15.0 Å². The third-order valence-corrected chi connectivity index (χ3v) is 1.93. The van der Waals surface area contributed by atoms with Crippen molar-refractivity contribution in [1.29, 1.82) is 0 Å². The Morgan fingerprint density at radius 3 is 3.20 bits per heavy atom. The molecule has 2 aromatic heterocycles. The molecule has 5 nitrogen and oxygen atoms in total. The van der Waals surface area contributed by atoms with Crippen LogP contribution in [-0.2, 0) is 0 Å². The van der Waals surface area contributed by atoms with Gasteiger partial charge in [0, 0.05) is 13.0 Å². The third kappa shape index (κ3) is 2.11. The summed E-state index contributed by atoms with van der Waals surface area (Å²) in [4.78, 5) is 15.1. The molecule has 76 valence electrons. The van der Waals surface area contributed by atoms with Gasteiger partial charge in [-0.15, -0.1) is 0 Å². The minimum Gasteiger partial charge on any atom is -0.341 e. The number of aromatic amines is 1. The van der Waals surface area contributed by atoms with Gasteiger partial charge in [-0.1, -0.05) is 5.92 Å². The number of imidazole rings is 1. The van der Waals surface area contributed by atoms with Crippen molar-refractivity contribution in [1.82, 2.24) is 25.3 Å². The molecule has 0 aliphatic carbocycles. The zero-order valence-electron chi connectivity index (χ0n) is 8.41. The molecule has 0 aliphatic heterocycles. The maximum atomic E-state index is 4.10. The van der Waals surface area contributed by atoms with E-state index in [2.05, 4.69) is 37.1 Å². The van der Waals surface area contributed by atoms with E-state index in [1.807, 2.05) is 7.05 Å². The monoisotopic (exact) mass is 201 g/mol. The molecule has 15 heavy (non-hydrogen) atoms. The summed E-state index contributed by atoms with van der Waals surface area (Å²) in [7, 11) is 1.90. The third-order valence-electron chi connectivity index (χ3n) is 1.93. The van der Waals surface area contributed by atoms with Gasteiger partial charge in [0.15, 0.2) is 5.65 Å². The van der Waals surface area contributed by atoms with Crippen LogP contribution in [-0.4, -0.2) is 33.5 Å². The Kier molecular flexibility index (Phi) is 2.90. The molecule has 2 heterocycles. The number of rotatable bonds is 2. The van der Waals surface area contributed by atoms with Crippen molar-refractivity contribution >= 4 is 11.2 Å². The SMILES string of the molecule is CNCCC#Cc1ncnc2nc[nH]c12. The summed E-state index contributed by atoms with van der Waals surface area (Å²) in [6.45, 7) is 0.879. The number of nitrogens with one attached hydrogen (secondary N) is 2. The van der Waals surface area contributed by atoms with Gasteiger partial charge in [-0.2, -0.15) is 0 Å². The van der Waals surface area contributed by atoms with Crippen LogP contribution in [0.3, 0.4) is 0 Å². The van der Waals surface area contributed by atoms with Gasteiger partial charge >= 0.3 is 0 Å². The molecule has 2 rings (SSSR count). The number of fused-ring (bicyclic) bond motifs is 1. The zero-order valence-corrected chi connectivity index (χ0v) is 8.41. The van der Waals surface area contributed by atoms with E-state index in [9.17, 15) is 0 Å². The highest BCUT2D eigenvalue weighted by Gasteiger charge is 2.01. The lowest BCUT2D eigenvalue weighted by Gasteiger charge is -1.91. The average molecular weight is 201 g/mol. The Hall–Kier alpha value is -1.93. The van der Waals surface area contributed by atoms with E-state index in [0.717, 1.165) is 18.5 Å². The van der Waals surface area contributed by atoms with E-state index in [1.165, 1.54) is 6.33 Å². The lowest BCUT2D eigenvalue weighted by atomic mass is 10.3. The summed E-state index contributed by atoms with van der Waals surface area (Å²) in [5.74, 6) is 6.03. The fourth-order valence-corrected chi connectivity index (χ4v) is 1.19. The van der Waals surface area contributed by atoms with Crippen LogP contribution in [0.4, 0.5) is 0 Å². The summed E-state index contributed by atoms with van der Waals surface area (Å²) in [6.07, 6.45) is 3.87. The number of hydrogen-bond acceptors (Lipinski definition) is 4. The van der Waals surface area contributed by atoms with Crippen molar-refractivity contribution in [2.45, 2.75) is 6.42 Å². The van der Waals surface area contributed by atoms with Crippen LogP contribution in [0.5, 0.6) is 0 Å². The summed E-state index contributed by atoms with van der Waals surface area (Å²) >= 11 is 0. The van der Waals surface area contributed by atoms with E-state index in [0.29, 0.717) is 11.3 Å². The first-order valence-electron chi connectivity index (χ1n) is 4.69. The molecule has 0 aliphatic rings. The second kappa shape index (κ2) is 4.53. The minimum atomic E-state index is 0.655. The van der Waals surface area contributed by atoms with Crippen LogP contribution >= 0.6 is 0 Å². The Morgan fingerprint density at radius 1 is 1.40 bits per heavy atom. The van der Waals surface area contributed by atoms with E-state index in [-0.39, 0.29) is 0 Å². The van der Waals surface area contributed by atoms with Crippen LogP contribution in [0.2, 0.25) is 0 Å². The Balaban J connectivity index is 2.26. The predicted octanol–water partition coefficient (Wildman–Crippen LogP) is 0.314. The average Bonchev–Trinajstić information content (AvgIpc) is 2.73. The first kappa shape index (κ1) is 9.62. The van der Waals surface area contributed by atoms with Gasteiger partial charge in [-0.05, 0) is 13.0 Å². The topological polar surface area (TPSA) is 66.5 Å². The lowest BCUT2D eigenvalue weighted by Crippen LogP contribution is -2.05. The molecule has 0 unspecified atom stereocenters. The lowest BCUT2D eigenvalue weighted by molar-refractivity contribution is 0.818. The normalized spacial score (nSPS) is 9.93. The van der Waals surface area contributed by atoms with E-state index < -0.39 is 0 Å². The molecule has 0 radical (unpaired) electrons. The van der Waals surface area contributed by atoms with Crippen molar-refractivity contribution < 1.29 is 0 Å².